The van der Waals surface area contributed by atoms with Gasteiger partial charge in [0, 0.05) is 30.9 Å². The predicted molar refractivity (Wildman–Crippen MR) is 65.2 cm³/mol. The molecular weight excluding hydrogens is 261 g/mol. The van der Waals surface area contributed by atoms with Gasteiger partial charge >= 0.3 is 9.28 Å². The van der Waals surface area contributed by atoms with Gasteiger partial charge in [-0.3, -0.25) is 0 Å². The molecule has 0 atom stereocenters. The SMILES string of the molecule is CCO[SiH](CCc1c(F)cc(F)cc1F)OCC. The molecule has 1 aromatic rings. The molecule has 0 amide bonds. The lowest BCUT2D eigenvalue weighted by atomic mass is 10.1. The van der Waals surface area contributed by atoms with E-state index in [2.05, 4.69) is 0 Å². The van der Waals surface area contributed by atoms with Crippen molar-refractivity contribution >= 4 is 9.28 Å². The molecule has 0 aromatic heterocycles. The number of benzene rings is 1. The Bertz CT molecular complexity index is 359. The van der Waals surface area contributed by atoms with Gasteiger partial charge in [-0.25, -0.2) is 13.2 Å². The Kier molecular flexibility index (Phi) is 6.38. The molecule has 0 saturated heterocycles. The molecule has 6 heteroatoms. The Morgan fingerprint density at radius 2 is 1.50 bits per heavy atom. The van der Waals surface area contributed by atoms with Gasteiger partial charge in [-0.2, -0.15) is 0 Å². The summed E-state index contributed by atoms with van der Waals surface area (Å²) in [5.74, 6) is -2.61. The minimum absolute atomic E-state index is 0.103. The second-order valence-corrected chi connectivity index (χ2v) is 5.83. The second kappa shape index (κ2) is 7.55. The van der Waals surface area contributed by atoms with Crippen molar-refractivity contribution in [2.45, 2.75) is 26.3 Å². The van der Waals surface area contributed by atoms with Crippen LogP contribution in [0.3, 0.4) is 0 Å². The largest absolute Gasteiger partial charge is 0.397 e. The Morgan fingerprint density at radius 1 is 1.00 bits per heavy atom. The molecule has 0 spiro atoms. The van der Waals surface area contributed by atoms with E-state index in [0.717, 1.165) is 0 Å². The van der Waals surface area contributed by atoms with Crippen molar-refractivity contribution in [3.8, 4) is 0 Å². The van der Waals surface area contributed by atoms with Crippen LogP contribution in [0.15, 0.2) is 12.1 Å². The first-order chi connectivity index (χ1) is 8.58. The first-order valence-electron chi connectivity index (χ1n) is 5.95. The molecular formula is C12H17F3O2Si. The number of halogens is 3. The van der Waals surface area contributed by atoms with Crippen LogP contribution in [0.1, 0.15) is 19.4 Å². The summed E-state index contributed by atoms with van der Waals surface area (Å²) in [7, 11) is -1.88. The van der Waals surface area contributed by atoms with E-state index in [1.54, 1.807) is 0 Å². The summed E-state index contributed by atoms with van der Waals surface area (Å²) in [6.07, 6.45) is 0.162. The molecule has 0 aliphatic rings. The van der Waals surface area contributed by atoms with Crippen LogP contribution in [-0.2, 0) is 15.3 Å². The Labute approximate surface area is 107 Å². The maximum absolute atomic E-state index is 13.4. The third kappa shape index (κ3) is 4.43. The molecule has 0 radical (unpaired) electrons. The van der Waals surface area contributed by atoms with Gasteiger partial charge in [0.15, 0.2) is 0 Å². The molecule has 0 heterocycles. The smallest absolute Gasteiger partial charge is 0.321 e. The number of rotatable bonds is 7. The molecule has 18 heavy (non-hydrogen) atoms. The highest BCUT2D eigenvalue weighted by molar-refractivity contribution is 6.44. The summed E-state index contributed by atoms with van der Waals surface area (Å²) in [6.45, 7) is 4.73. The van der Waals surface area contributed by atoms with Crippen LogP contribution in [0.5, 0.6) is 0 Å². The van der Waals surface area contributed by atoms with Gasteiger partial charge < -0.3 is 8.85 Å². The standard InChI is InChI=1S/C12H17F3O2Si/c1-3-16-18(17-4-2)6-5-10-11(14)7-9(13)8-12(10)15/h7-8,18H,3-6H2,1-2H3. The van der Waals surface area contributed by atoms with Crippen molar-refractivity contribution in [3.05, 3.63) is 35.1 Å². The maximum Gasteiger partial charge on any atom is 0.321 e. The summed E-state index contributed by atoms with van der Waals surface area (Å²) >= 11 is 0. The van der Waals surface area contributed by atoms with E-state index in [1.807, 2.05) is 13.8 Å². The molecule has 0 saturated carbocycles. The van der Waals surface area contributed by atoms with Crippen molar-refractivity contribution in [2.75, 3.05) is 13.2 Å². The average Bonchev–Trinajstić information content (AvgIpc) is 2.28. The fourth-order valence-corrected chi connectivity index (χ4v) is 3.36. The molecule has 0 aliphatic carbocycles. The minimum Gasteiger partial charge on any atom is -0.397 e. The van der Waals surface area contributed by atoms with Gasteiger partial charge in [-0.05, 0) is 26.3 Å². The molecule has 1 aromatic carbocycles. The van der Waals surface area contributed by atoms with E-state index < -0.39 is 26.7 Å². The molecule has 0 aliphatic heterocycles. The molecule has 0 fully saturated rings. The zero-order valence-electron chi connectivity index (χ0n) is 10.5. The Morgan fingerprint density at radius 3 is 1.94 bits per heavy atom. The molecule has 0 bridgehead atoms. The Hall–Kier alpha value is -0.853. The molecule has 0 unspecified atom stereocenters. The first kappa shape index (κ1) is 15.2. The van der Waals surface area contributed by atoms with Gasteiger partial charge in [0.25, 0.3) is 0 Å². The highest BCUT2D eigenvalue weighted by atomic mass is 28.3. The number of hydrogen-bond acceptors (Lipinski definition) is 2. The first-order valence-corrected chi connectivity index (χ1v) is 7.71. The second-order valence-electron chi connectivity index (χ2n) is 3.73. The lowest BCUT2D eigenvalue weighted by Crippen LogP contribution is -2.23. The van der Waals surface area contributed by atoms with Gasteiger partial charge in [0.2, 0.25) is 0 Å². The Balaban J connectivity index is 2.66. The molecule has 0 N–H and O–H groups in total. The van der Waals surface area contributed by atoms with Crippen molar-refractivity contribution in [1.29, 1.82) is 0 Å². The van der Waals surface area contributed by atoms with Crippen molar-refractivity contribution in [2.24, 2.45) is 0 Å². The summed E-state index contributed by atoms with van der Waals surface area (Å²) < 4.78 is 50.3. The normalized spacial score (nSPS) is 11.2. The zero-order valence-corrected chi connectivity index (χ0v) is 11.7. The fraction of sp³-hybridized carbons (Fsp3) is 0.500. The predicted octanol–water partition coefficient (Wildman–Crippen LogP) is 2.94. The quantitative estimate of drug-likeness (QED) is 0.714. The van der Waals surface area contributed by atoms with Gasteiger partial charge in [0.05, 0.1) is 0 Å². The van der Waals surface area contributed by atoms with Crippen molar-refractivity contribution < 1.29 is 22.0 Å². The van der Waals surface area contributed by atoms with E-state index in [9.17, 15) is 13.2 Å². The van der Waals surface area contributed by atoms with E-state index in [1.165, 1.54) is 0 Å². The van der Waals surface area contributed by atoms with Crippen LogP contribution in [0.4, 0.5) is 13.2 Å². The van der Waals surface area contributed by atoms with Crippen molar-refractivity contribution in [1.82, 2.24) is 0 Å². The third-order valence-electron chi connectivity index (χ3n) is 2.44. The lowest BCUT2D eigenvalue weighted by molar-refractivity contribution is 0.213. The minimum atomic E-state index is -1.88. The number of hydrogen-bond donors (Lipinski definition) is 0. The van der Waals surface area contributed by atoms with E-state index in [-0.39, 0.29) is 12.0 Å². The van der Waals surface area contributed by atoms with Crippen LogP contribution in [-0.4, -0.2) is 22.5 Å². The van der Waals surface area contributed by atoms with Crippen LogP contribution in [0, 0.1) is 17.5 Å². The molecule has 2 nitrogen and oxygen atoms in total. The topological polar surface area (TPSA) is 18.5 Å². The van der Waals surface area contributed by atoms with E-state index >= 15 is 0 Å². The van der Waals surface area contributed by atoms with Gasteiger partial charge in [-0.1, -0.05) is 0 Å². The van der Waals surface area contributed by atoms with E-state index in [4.69, 9.17) is 8.85 Å². The monoisotopic (exact) mass is 278 g/mol. The maximum atomic E-state index is 13.4. The highest BCUT2D eigenvalue weighted by Gasteiger charge is 2.17. The third-order valence-corrected chi connectivity index (χ3v) is 4.61. The molecule has 102 valence electrons. The van der Waals surface area contributed by atoms with Gasteiger partial charge in [-0.15, -0.1) is 0 Å². The summed E-state index contributed by atoms with van der Waals surface area (Å²) in [4.78, 5) is 0. The van der Waals surface area contributed by atoms with Crippen LogP contribution in [0.25, 0.3) is 0 Å². The zero-order chi connectivity index (χ0) is 13.5. The van der Waals surface area contributed by atoms with E-state index in [0.29, 0.717) is 31.4 Å². The van der Waals surface area contributed by atoms with Crippen LogP contribution < -0.4 is 0 Å². The fourth-order valence-electron chi connectivity index (χ4n) is 1.66. The van der Waals surface area contributed by atoms with Crippen LogP contribution in [0.2, 0.25) is 6.04 Å². The summed E-state index contributed by atoms with van der Waals surface area (Å²) in [6, 6.07) is 1.84. The summed E-state index contributed by atoms with van der Waals surface area (Å²) in [5, 5.41) is 0. The highest BCUT2D eigenvalue weighted by Crippen LogP contribution is 2.17. The lowest BCUT2D eigenvalue weighted by Gasteiger charge is -2.15. The van der Waals surface area contributed by atoms with Gasteiger partial charge in [0.1, 0.15) is 17.5 Å². The van der Waals surface area contributed by atoms with Crippen LogP contribution >= 0.6 is 0 Å². The average molecular weight is 278 g/mol. The summed E-state index contributed by atoms with van der Waals surface area (Å²) in [5.41, 5.74) is -0.103. The molecule has 1 rings (SSSR count). The van der Waals surface area contributed by atoms with Crippen molar-refractivity contribution in [3.63, 3.8) is 0 Å².